The average molecular weight is 246 g/mol. The molecule has 96 valence electrons. The SMILES string of the molecule is CCCC(O)c1noc(-c2ccccc2CC)n1. The van der Waals surface area contributed by atoms with Crippen molar-refractivity contribution < 1.29 is 9.63 Å². The molecular formula is C14H18N2O2. The molecule has 0 aliphatic heterocycles. The van der Waals surface area contributed by atoms with Gasteiger partial charge in [-0.1, -0.05) is 43.6 Å². The molecule has 1 atom stereocenters. The number of hydrogen-bond donors (Lipinski definition) is 1. The van der Waals surface area contributed by atoms with Crippen LogP contribution in [0.1, 0.15) is 44.2 Å². The monoisotopic (exact) mass is 246 g/mol. The molecule has 0 bridgehead atoms. The van der Waals surface area contributed by atoms with Crippen LogP contribution >= 0.6 is 0 Å². The van der Waals surface area contributed by atoms with Gasteiger partial charge in [0.15, 0.2) is 0 Å². The Kier molecular flexibility index (Phi) is 4.10. The highest BCUT2D eigenvalue weighted by atomic mass is 16.5. The van der Waals surface area contributed by atoms with E-state index in [1.807, 2.05) is 31.2 Å². The Morgan fingerprint density at radius 3 is 2.78 bits per heavy atom. The van der Waals surface area contributed by atoms with Gasteiger partial charge in [0.1, 0.15) is 6.10 Å². The zero-order valence-electron chi connectivity index (χ0n) is 10.8. The lowest BCUT2D eigenvalue weighted by molar-refractivity contribution is 0.153. The smallest absolute Gasteiger partial charge is 0.258 e. The van der Waals surface area contributed by atoms with E-state index in [4.69, 9.17) is 4.52 Å². The summed E-state index contributed by atoms with van der Waals surface area (Å²) in [5.41, 5.74) is 2.11. The molecule has 0 aliphatic carbocycles. The third-order valence-corrected chi connectivity index (χ3v) is 2.93. The summed E-state index contributed by atoms with van der Waals surface area (Å²) in [4.78, 5) is 4.28. The van der Waals surface area contributed by atoms with Crippen LogP contribution in [0, 0.1) is 0 Å². The largest absolute Gasteiger partial charge is 0.385 e. The molecule has 1 aromatic carbocycles. The standard InChI is InChI=1S/C14H18N2O2/c1-3-7-12(17)13-15-14(18-16-13)11-9-6-5-8-10(11)4-2/h5-6,8-9,12,17H,3-4,7H2,1-2H3. The van der Waals surface area contributed by atoms with Crippen LogP contribution in [0.5, 0.6) is 0 Å². The topological polar surface area (TPSA) is 59.2 Å². The van der Waals surface area contributed by atoms with E-state index in [1.54, 1.807) is 0 Å². The molecule has 0 radical (unpaired) electrons. The lowest BCUT2D eigenvalue weighted by Crippen LogP contribution is -1.99. The van der Waals surface area contributed by atoms with Crippen molar-refractivity contribution in [3.63, 3.8) is 0 Å². The van der Waals surface area contributed by atoms with Crippen molar-refractivity contribution in [2.24, 2.45) is 0 Å². The fourth-order valence-electron chi connectivity index (χ4n) is 1.92. The molecule has 0 saturated carbocycles. The van der Waals surface area contributed by atoms with E-state index < -0.39 is 6.10 Å². The van der Waals surface area contributed by atoms with Gasteiger partial charge in [0.2, 0.25) is 5.82 Å². The van der Waals surface area contributed by atoms with Gasteiger partial charge in [0.25, 0.3) is 5.89 Å². The summed E-state index contributed by atoms with van der Waals surface area (Å²) in [6, 6.07) is 7.94. The second-order valence-corrected chi connectivity index (χ2v) is 4.27. The summed E-state index contributed by atoms with van der Waals surface area (Å²) in [5, 5.41) is 13.7. The predicted molar refractivity (Wildman–Crippen MR) is 69.0 cm³/mol. The Balaban J connectivity index is 2.29. The molecule has 0 fully saturated rings. The van der Waals surface area contributed by atoms with Gasteiger partial charge in [0.05, 0.1) is 0 Å². The molecular weight excluding hydrogens is 228 g/mol. The first kappa shape index (κ1) is 12.8. The van der Waals surface area contributed by atoms with Gasteiger partial charge in [-0.25, -0.2) is 0 Å². The number of aliphatic hydroxyl groups is 1. The van der Waals surface area contributed by atoms with Gasteiger partial charge in [-0.2, -0.15) is 4.98 Å². The highest BCUT2D eigenvalue weighted by Gasteiger charge is 2.16. The number of nitrogens with zero attached hydrogens (tertiary/aromatic N) is 2. The molecule has 0 saturated heterocycles. The van der Waals surface area contributed by atoms with Gasteiger partial charge in [0, 0.05) is 5.56 Å². The van der Waals surface area contributed by atoms with Crippen molar-refractivity contribution in [3.8, 4) is 11.5 Å². The minimum atomic E-state index is -0.638. The average Bonchev–Trinajstić information content (AvgIpc) is 2.88. The molecule has 1 unspecified atom stereocenters. The molecule has 2 aromatic rings. The minimum absolute atomic E-state index is 0.373. The van der Waals surface area contributed by atoms with E-state index in [2.05, 4.69) is 17.1 Å². The zero-order chi connectivity index (χ0) is 13.0. The van der Waals surface area contributed by atoms with Crippen molar-refractivity contribution in [1.82, 2.24) is 10.1 Å². The van der Waals surface area contributed by atoms with Crippen LogP contribution in [-0.2, 0) is 6.42 Å². The molecule has 1 heterocycles. The van der Waals surface area contributed by atoms with E-state index in [0.29, 0.717) is 18.1 Å². The van der Waals surface area contributed by atoms with E-state index in [-0.39, 0.29) is 0 Å². The molecule has 1 aromatic heterocycles. The Morgan fingerprint density at radius 1 is 1.28 bits per heavy atom. The second-order valence-electron chi connectivity index (χ2n) is 4.27. The van der Waals surface area contributed by atoms with Gasteiger partial charge in [-0.15, -0.1) is 0 Å². The fraction of sp³-hybridized carbons (Fsp3) is 0.429. The molecule has 18 heavy (non-hydrogen) atoms. The van der Waals surface area contributed by atoms with Crippen LogP contribution < -0.4 is 0 Å². The van der Waals surface area contributed by atoms with Gasteiger partial charge >= 0.3 is 0 Å². The lowest BCUT2D eigenvalue weighted by atomic mass is 10.1. The van der Waals surface area contributed by atoms with Crippen LogP contribution in [0.25, 0.3) is 11.5 Å². The summed E-state index contributed by atoms with van der Waals surface area (Å²) in [5.74, 6) is 0.857. The maximum absolute atomic E-state index is 9.82. The van der Waals surface area contributed by atoms with Crippen LogP contribution in [0.15, 0.2) is 28.8 Å². The summed E-state index contributed by atoms with van der Waals surface area (Å²) >= 11 is 0. The summed E-state index contributed by atoms with van der Waals surface area (Å²) in [7, 11) is 0. The Morgan fingerprint density at radius 2 is 2.06 bits per heavy atom. The number of aromatic nitrogens is 2. The summed E-state index contributed by atoms with van der Waals surface area (Å²) in [6.45, 7) is 4.10. The third-order valence-electron chi connectivity index (χ3n) is 2.93. The number of aliphatic hydroxyl groups excluding tert-OH is 1. The molecule has 1 N–H and O–H groups in total. The zero-order valence-corrected chi connectivity index (χ0v) is 10.8. The highest BCUT2D eigenvalue weighted by molar-refractivity contribution is 5.58. The van der Waals surface area contributed by atoms with Crippen molar-refractivity contribution in [2.45, 2.75) is 39.2 Å². The third kappa shape index (κ3) is 2.59. The molecule has 4 heteroatoms. The quantitative estimate of drug-likeness (QED) is 0.880. The normalized spacial score (nSPS) is 12.6. The van der Waals surface area contributed by atoms with Gasteiger partial charge < -0.3 is 9.63 Å². The van der Waals surface area contributed by atoms with Crippen LogP contribution in [-0.4, -0.2) is 15.2 Å². The van der Waals surface area contributed by atoms with Crippen molar-refractivity contribution in [1.29, 1.82) is 0 Å². The number of hydrogen-bond acceptors (Lipinski definition) is 4. The summed E-state index contributed by atoms with van der Waals surface area (Å²) in [6.07, 6.45) is 1.80. The summed E-state index contributed by atoms with van der Waals surface area (Å²) < 4.78 is 5.24. The minimum Gasteiger partial charge on any atom is -0.385 e. The first-order valence-corrected chi connectivity index (χ1v) is 6.36. The van der Waals surface area contributed by atoms with Gasteiger partial charge in [-0.3, -0.25) is 0 Å². The number of aryl methyl sites for hydroxylation is 1. The van der Waals surface area contributed by atoms with Crippen molar-refractivity contribution in [3.05, 3.63) is 35.7 Å². The maximum atomic E-state index is 9.82. The van der Waals surface area contributed by atoms with E-state index in [0.717, 1.165) is 24.0 Å². The fourth-order valence-corrected chi connectivity index (χ4v) is 1.92. The number of benzene rings is 1. The van der Waals surface area contributed by atoms with E-state index in [1.165, 1.54) is 0 Å². The van der Waals surface area contributed by atoms with Crippen molar-refractivity contribution in [2.75, 3.05) is 0 Å². The van der Waals surface area contributed by atoms with Crippen LogP contribution in [0.2, 0.25) is 0 Å². The first-order chi connectivity index (χ1) is 8.76. The Hall–Kier alpha value is -1.68. The van der Waals surface area contributed by atoms with Crippen LogP contribution in [0.4, 0.5) is 0 Å². The maximum Gasteiger partial charge on any atom is 0.258 e. The van der Waals surface area contributed by atoms with Crippen molar-refractivity contribution >= 4 is 0 Å². The number of rotatable bonds is 5. The highest BCUT2D eigenvalue weighted by Crippen LogP contribution is 2.24. The first-order valence-electron chi connectivity index (χ1n) is 6.36. The lowest BCUT2D eigenvalue weighted by Gasteiger charge is -2.02. The van der Waals surface area contributed by atoms with E-state index >= 15 is 0 Å². The molecule has 2 rings (SSSR count). The molecule has 0 spiro atoms. The molecule has 4 nitrogen and oxygen atoms in total. The molecule has 0 aliphatic rings. The van der Waals surface area contributed by atoms with Gasteiger partial charge in [-0.05, 0) is 24.5 Å². The predicted octanol–water partition coefficient (Wildman–Crippen LogP) is 3.13. The Labute approximate surface area is 107 Å². The Bertz CT molecular complexity index is 508. The van der Waals surface area contributed by atoms with Crippen LogP contribution in [0.3, 0.4) is 0 Å². The van der Waals surface area contributed by atoms with E-state index in [9.17, 15) is 5.11 Å². The second kappa shape index (κ2) is 5.78. The molecule has 0 amide bonds.